The zero-order valence-electron chi connectivity index (χ0n) is 9.88. The molecule has 1 saturated heterocycles. The van der Waals surface area contributed by atoms with Crippen LogP contribution in [0.4, 0.5) is 8.78 Å². The van der Waals surface area contributed by atoms with Crippen LogP contribution in [0, 0.1) is 11.6 Å². The molecule has 0 bridgehead atoms. The van der Waals surface area contributed by atoms with Crippen molar-refractivity contribution in [3.05, 3.63) is 35.4 Å². The number of nitrogens with one attached hydrogen (secondary N) is 1. The van der Waals surface area contributed by atoms with Gasteiger partial charge in [0.15, 0.2) is 0 Å². The summed E-state index contributed by atoms with van der Waals surface area (Å²) in [6.45, 7) is 0.778. The maximum Gasteiger partial charge on any atom is 0.126 e. The third kappa shape index (κ3) is 3.23. The lowest BCUT2D eigenvalue weighted by atomic mass is 9.99. The van der Waals surface area contributed by atoms with Crippen molar-refractivity contribution in [3.63, 3.8) is 0 Å². The molecule has 4 heteroatoms. The summed E-state index contributed by atoms with van der Waals surface area (Å²) in [7, 11) is 1.85. The molecule has 1 aliphatic rings. The second-order valence-electron chi connectivity index (χ2n) is 4.43. The van der Waals surface area contributed by atoms with Gasteiger partial charge in [-0.05, 0) is 44.0 Å². The quantitative estimate of drug-likeness (QED) is 0.873. The first-order valence-electron chi connectivity index (χ1n) is 5.93. The van der Waals surface area contributed by atoms with E-state index in [1.165, 1.54) is 12.1 Å². The Kier molecular flexibility index (Phi) is 4.07. The molecule has 1 N–H and O–H groups in total. The van der Waals surface area contributed by atoms with Crippen LogP contribution >= 0.6 is 0 Å². The van der Waals surface area contributed by atoms with Crippen molar-refractivity contribution in [2.24, 2.45) is 0 Å². The van der Waals surface area contributed by atoms with Crippen molar-refractivity contribution in [2.75, 3.05) is 13.7 Å². The van der Waals surface area contributed by atoms with E-state index in [4.69, 9.17) is 4.74 Å². The average Bonchev–Trinajstić information content (AvgIpc) is 2.77. The molecule has 1 heterocycles. The zero-order chi connectivity index (χ0) is 12.3. The number of benzene rings is 1. The molecular formula is C13H17F2NO. The standard InChI is InChI=1S/C13H17F2NO/c1-16-12(13-3-2-4-17-13)7-9-5-10(14)8-11(15)6-9/h5-6,8,12-13,16H,2-4,7H2,1H3. The molecule has 0 amide bonds. The Morgan fingerprint density at radius 3 is 2.59 bits per heavy atom. The van der Waals surface area contributed by atoms with Gasteiger partial charge in [0.05, 0.1) is 6.10 Å². The summed E-state index contributed by atoms with van der Waals surface area (Å²) in [5.74, 6) is -1.05. The summed E-state index contributed by atoms with van der Waals surface area (Å²) in [5, 5.41) is 3.16. The number of ether oxygens (including phenoxy) is 1. The first kappa shape index (κ1) is 12.5. The third-order valence-electron chi connectivity index (χ3n) is 3.16. The maximum atomic E-state index is 13.1. The SMILES string of the molecule is CNC(Cc1cc(F)cc(F)c1)C1CCCO1. The van der Waals surface area contributed by atoms with Crippen LogP contribution in [0.1, 0.15) is 18.4 Å². The molecule has 0 saturated carbocycles. The Balaban J connectivity index is 2.06. The Hall–Kier alpha value is -1.00. The fraction of sp³-hybridized carbons (Fsp3) is 0.538. The summed E-state index contributed by atoms with van der Waals surface area (Å²) in [6, 6.07) is 3.76. The largest absolute Gasteiger partial charge is 0.377 e. The van der Waals surface area contributed by atoms with Crippen molar-refractivity contribution in [1.82, 2.24) is 5.32 Å². The molecule has 0 radical (unpaired) electrons. The molecule has 1 fully saturated rings. The molecule has 0 aromatic heterocycles. The number of hydrogen-bond acceptors (Lipinski definition) is 2. The lowest BCUT2D eigenvalue weighted by Crippen LogP contribution is -2.39. The van der Waals surface area contributed by atoms with Crippen molar-refractivity contribution in [2.45, 2.75) is 31.4 Å². The fourth-order valence-electron chi connectivity index (χ4n) is 2.32. The minimum Gasteiger partial charge on any atom is -0.377 e. The van der Waals surface area contributed by atoms with E-state index >= 15 is 0 Å². The maximum absolute atomic E-state index is 13.1. The first-order chi connectivity index (χ1) is 8.19. The van der Waals surface area contributed by atoms with Crippen LogP contribution in [-0.2, 0) is 11.2 Å². The van der Waals surface area contributed by atoms with Gasteiger partial charge in [-0.1, -0.05) is 0 Å². The lowest BCUT2D eigenvalue weighted by Gasteiger charge is -2.22. The second-order valence-corrected chi connectivity index (χ2v) is 4.43. The Bertz CT molecular complexity index is 357. The van der Waals surface area contributed by atoms with Gasteiger partial charge in [-0.15, -0.1) is 0 Å². The van der Waals surface area contributed by atoms with Crippen molar-refractivity contribution in [1.29, 1.82) is 0 Å². The third-order valence-corrected chi connectivity index (χ3v) is 3.16. The van der Waals surface area contributed by atoms with E-state index < -0.39 is 11.6 Å². The number of rotatable bonds is 4. The predicted molar refractivity (Wildman–Crippen MR) is 61.9 cm³/mol. The smallest absolute Gasteiger partial charge is 0.126 e. The van der Waals surface area contributed by atoms with Crippen LogP contribution in [0.5, 0.6) is 0 Å². The Morgan fingerprint density at radius 2 is 2.06 bits per heavy atom. The lowest BCUT2D eigenvalue weighted by molar-refractivity contribution is 0.0808. The van der Waals surface area contributed by atoms with E-state index in [0.717, 1.165) is 25.5 Å². The molecule has 94 valence electrons. The second kappa shape index (κ2) is 5.56. The van der Waals surface area contributed by atoms with Crippen LogP contribution in [0.15, 0.2) is 18.2 Å². The van der Waals surface area contributed by atoms with E-state index in [9.17, 15) is 8.78 Å². The molecule has 2 rings (SSSR count). The summed E-state index contributed by atoms with van der Waals surface area (Å²) in [4.78, 5) is 0. The highest BCUT2D eigenvalue weighted by Gasteiger charge is 2.24. The molecule has 1 aromatic rings. The van der Waals surface area contributed by atoms with Gasteiger partial charge >= 0.3 is 0 Å². The van der Waals surface area contributed by atoms with Gasteiger partial charge in [-0.25, -0.2) is 8.78 Å². The minimum absolute atomic E-state index is 0.110. The van der Waals surface area contributed by atoms with E-state index in [-0.39, 0.29) is 12.1 Å². The van der Waals surface area contributed by atoms with Gasteiger partial charge in [0, 0.05) is 18.7 Å². The first-order valence-corrected chi connectivity index (χ1v) is 5.93. The number of hydrogen-bond donors (Lipinski definition) is 1. The van der Waals surface area contributed by atoms with Crippen LogP contribution in [0.25, 0.3) is 0 Å². The summed E-state index contributed by atoms with van der Waals surface area (Å²) < 4.78 is 31.7. The van der Waals surface area contributed by atoms with Crippen LogP contribution in [-0.4, -0.2) is 25.8 Å². The molecule has 2 unspecified atom stereocenters. The van der Waals surface area contributed by atoms with Crippen molar-refractivity contribution < 1.29 is 13.5 Å². The molecule has 1 aromatic carbocycles. The van der Waals surface area contributed by atoms with Gasteiger partial charge in [-0.3, -0.25) is 0 Å². The summed E-state index contributed by atoms with van der Waals surface area (Å²) >= 11 is 0. The number of halogens is 2. The fourth-order valence-corrected chi connectivity index (χ4v) is 2.32. The molecule has 0 spiro atoms. The van der Waals surface area contributed by atoms with Crippen molar-refractivity contribution in [3.8, 4) is 0 Å². The molecular weight excluding hydrogens is 224 g/mol. The van der Waals surface area contributed by atoms with Gasteiger partial charge in [-0.2, -0.15) is 0 Å². The normalized spacial score (nSPS) is 21.7. The van der Waals surface area contributed by atoms with Crippen molar-refractivity contribution >= 4 is 0 Å². The van der Waals surface area contributed by atoms with E-state index in [2.05, 4.69) is 5.32 Å². The highest BCUT2D eigenvalue weighted by Crippen LogP contribution is 2.19. The van der Waals surface area contributed by atoms with E-state index in [1.54, 1.807) is 0 Å². The highest BCUT2D eigenvalue weighted by molar-refractivity contribution is 5.19. The van der Waals surface area contributed by atoms with Crippen LogP contribution < -0.4 is 5.32 Å². The molecule has 2 nitrogen and oxygen atoms in total. The average molecular weight is 241 g/mol. The Morgan fingerprint density at radius 1 is 1.35 bits per heavy atom. The number of likely N-dealkylation sites (N-methyl/N-ethyl adjacent to an activating group) is 1. The van der Waals surface area contributed by atoms with Crippen LogP contribution in [0.3, 0.4) is 0 Å². The molecule has 1 aliphatic heterocycles. The topological polar surface area (TPSA) is 21.3 Å². The van der Waals surface area contributed by atoms with Gasteiger partial charge < -0.3 is 10.1 Å². The van der Waals surface area contributed by atoms with E-state index in [0.29, 0.717) is 12.0 Å². The van der Waals surface area contributed by atoms with Gasteiger partial charge in [0.1, 0.15) is 11.6 Å². The van der Waals surface area contributed by atoms with Crippen LogP contribution in [0.2, 0.25) is 0 Å². The molecule has 0 aliphatic carbocycles. The summed E-state index contributed by atoms with van der Waals surface area (Å²) in [5.41, 5.74) is 0.664. The predicted octanol–water partition coefficient (Wildman–Crippen LogP) is 2.27. The van der Waals surface area contributed by atoms with E-state index in [1.807, 2.05) is 7.05 Å². The van der Waals surface area contributed by atoms with Gasteiger partial charge in [0.25, 0.3) is 0 Å². The highest BCUT2D eigenvalue weighted by atomic mass is 19.1. The molecule has 17 heavy (non-hydrogen) atoms. The van der Waals surface area contributed by atoms with Gasteiger partial charge in [0.2, 0.25) is 0 Å². The zero-order valence-corrected chi connectivity index (χ0v) is 9.88. The minimum atomic E-state index is -0.526. The summed E-state index contributed by atoms with van der Waals surface area (Å²) in [6.07, 6.45) is 2.78. The molecule has 2 atom stereocenters. The monoisotopic (exact) mass is 241 g/mol. The Labute approximate surface area is 100.0 Å².